The molecule has 4 rings (SSSR count). The minimum atomic E-state index is -0.285. The highest BCUT2D eigenvalue weighted by atomic mass is 32.1. The Hall–Kier alpha value is -2.61. The van der Waals surface area contributed by atoms with Crippen LogP contribution in [0.15, 0.2) is 30.5 Å². The van der Waals surface area contributed by atoms with Crippen molar-refractivity contribution in [3.63, 3.8) is 0 Å². The Morgan fingerprint density at radius 3 is 2.82 bits per heavy atom. The molecule has 0 fully saturated rings. The molecule has 8 heteroatoms. The molecule has 3 aromatic heterocycles. The summed E-state index contributed by atoms with van der Waals surface area (Å²) in [6.07, 6.45) is 1.74. The van der Waals surface area contributed by atoms with E-state index in [0.29, 0.717) is 15.8 Å². The van der Waals surface area contributed by atoms with E-state index in [1.54, 1.807) is 21.5 Å². The van der Waals surface area contributed by atoms with Crippen molar-refractivity contribution < 1.29 is 4.39 Å². The maximum Gasteiger partial charge on any atom is 0.235 e. The highest BCUT2D eigenvalue weighted by Gasteiger charge is 2.17. The Kier molecular flexibility index (Phi) is 2.80. The molecular weight excluding hydrogens is 303 g/mol. The third kappa shape index (κ3) is 1.92. The van der Waals surface area contributed by atoms with E-state index in [1.807, 2.05) is 20.0 Å². The number of rotatable bonds is 2. The average Bonchev–Trinajstić information content (AvgIpc) is 3.16. The van der Waals surface area contributed by atoms with Crippen LogP contribution in [-0.2, 0) is 7.05 Å². The van der Waals surface area contributed by atoms with Gasteiger partial charge in [-0.05, 0) is 19.1 Å². The van der Waals surface area contributed by atoms with Crippen molar-refractivity contribution in [2.24, 2.45) is 7.05 Å². The number of aryl methyl sites for hydroxylation is 1. The van der Waals surface area contributed by atoms with Crippen LogP contribution in [-0.4, -0.2) is 29.6 Å². The maximum atomic E-state index is 13.4. The van der Waals surface area contributed by atoms with Gasteiger partial charge in [0.1, 0.15) is 10.8 Å². The minimum Gasteiger partial charge on any atom is -0.272 e. The highest BCUT2D eigenvalue weighted by molar-refractivity contribution is 7.19. The smallest absolute Gasteiger partial charge is 0.235 e. The van der Waals surface area contributed by atoms with Crippen molar-refractivity contribution in [3.05, 3.63) is 42.0 Å². The minimum absolute atomic E-state index is 0.285. The van der Waals surface area contributed by atoms with E-state index in [1.165, 1.54) is 23.5 Å². The summed E-state index contributed by atoms with van der Waals surface area (Å²) in [7, 11) is 1.87. The van der Waals surface area contributed by atoms with Crippen LogP contribution < -0.4 is 0 Å². The summed E-state index contributed by atoms with van der Waals surface area (Å²) in [5.74, 6) is 0.353. The Morgan fingerprint density at radius 2 is 2.09 bits per heavy atom. The molecule has 110 valence electrons. The summed E-state index contributed by atoms with van der Waals surface area (Å²) in [6, 6.07) is 6.36. The van der Waals surface area contributed by atoms with E-state index >= 15 is 0 Å². The second-order valence-corrected chi connectivity index (χ2v) is 5.86. The lowest BCUT2D eigenvalue weighted by Crippen LogP contribution is -1.95. The average molecular weight is 314 g/mol. The molecule has 1 aromatic carbocycles. The van der Waals surface area contributed by atoms with Crippen LogP contribution in [0.25, 0.3) is 26.9 Å². The molecule has 22 heavy (non-hydrogen) atoms. The first-order valence-electron chi connectivity index (χ1n) is 6.60. The molecule has 3 heterocycles. The lowest BCUT2D eigenvalue weighted by atomic mass is 10.2. The normalized spacial score (nSPS) is 11.4. The van der Waals surface area contributed by atoms with E-state index < -0.39 is 0 Å². The number of halogens is 1. The lowest BCUT2D eigenvalue weighted by Gasteiger charge is -1.97. The van der Waals surface area contributed by atoms with Gasteiger partial charge in [-0.15, -0.1) is 10.2 Å². The topological polar surface area (TPSA) is 60.9 Å². The molecule has 4 aromatic rings. The zero-order valence-corrected chi connectivity index (χ0v) is 12.7. The summed E-state index contributed by atoms with van der Waals surface area (Å²) < 4.78 is 16.8. The van der Waals surface area contributed by atoms with Crippen LogP contribution >= 0.6 is 11.3 Å². The summed E-state index contributed by atoms with van der Waals surface area (Å²) >= 11 is 1.37. The SMILES string of the molecule is Cc1c(-c2nnc3sc(-c4cccc(F)c4)nn23)cnn1C. The van der Waals surface area contributed by atoms with Gasteiger partial charge in [0.2, 0.25) is 4.96 Å². The zero-order valence-electron chi connectivity index (χ0n) is 11.9. The second kappa shape index (κ2) is 4.70. The molecule has 6 nitrogen and oxygen atoms in total. The predicted molar refractivity (Wildman–Crippen MR) is 81.0 cm³/mol. The molecule has 0 spiro atoms. The number of nitrogens with zero attached hydrogens (tertiary/aromatic N) is 6. The first-order valence-corrected chi connectivity index (χ1v) is 7.42. The van der Waals surface area contributed by atoms with Gasteiger partial charge in [0.15, 0.2) is 5.82 Å². The first kappa shape index (κ1) is 13.1. The van der Waals surface area contributed by atoms with E-state index in [9.17, 15) is 4.39 Å². The summed E-state index contributed by atoms with van der Waals surface area (Å²) in [5, 5.41) is 17.8. The van der Waals surface area contributed by atoms with Gasteiger partial charge in [-0.3, -0.25) is 4.68 Å². The molecule has 0 unspecified atom stereocenters. The summed E-state index contributed by atoms with van der Waals surface area (Å²) in [6.45, 7) is 1.96. The molecule has 0 N–H and O–H groups in total. The van der Waals surface area contributed by atoms with Gasteiger partial charge in [-0.1, -0.05) is 23.5 Å². The van der Waals surface area contributed by atoms with Crippen LogP contribution in [0.4, 0.5) is 4.39 Å². The van der Waals surface area contributed by atoms with E-state index in [0.717, 1.165) is 16.8 Å². The molecular formula is C14H11FN6S. The van der Waals surface area contributed by atoms with Crippen molar-refractivity contribution in [1.82, 2.24) is 29.6 Å². The van der Waals surface area contributed by atoms with E-state index in [4.69, 9.17) is 0 Å². The van der Waals surface area contributed by atoms with Gasteiger partial charge in [0.05, 0.1) is 11.8 Å². The van der Waals surface area contributed by atoms with Crippen molar-refractivity contribution in [3.8, 4) is 22.0 Å². The number of hydrogen-bond acceptors (Lipinski definition) is 5. The number of hydrogen-bond donors (Lipinski definition) is 0. The lowest BCUT2D eigenvalue weighted by molar-refractivity contribution is 0.628. The van der Waals surface area contributed by atoms with E-state index in [2.05, 4.69) is 20.4 Å². The van der Waals surface area contributed by atoms with Crippen molar-refractivity contribution in [2.45, 2.75) is 6.92 Å². The van der Waals surface area contributed by atoms with Gasteiger partial charge in [0, 0.05) is 18.3 Å². The second-order valence-electron chi connectivity index (χ2n) is 4.90. The molecule has 0 amide bonds. The Morgan fingerprint density at radius 1 is 1.23 bits per heavy atom. The molecule has 0 radical (unpaired) electrons. The molecule has 0 saturated carbocycles. The Labute approximate surface area is 128 Å². The van der Waals surface area contributed by atoms with Gasteiger partial charge < -0.3 is 0 Å². The Bertz CT molecular complexity index is 982. The monoisotopic (exact) mass is 314 g/mol. The molecule has 0 aliphatic rings. The number of aromatic nitrogens is 6. The van der Waals surface area contributed by atoms with Gasteiger partial charge in [-0.25, -0.2) is 4.39 Å². The van der Waals surface area contributed by atoms with Crippen LogP contribution in [0, 0.1) is 12.7 Å². The summed E-state index contributed by atoms with van der Waals surface area (Å²) in [5.41, 5.74) is 2.59. The largest absolute Gasteiger partial charge is 0.272 e. The fourth-order valence-corrected chi connectivity index (χ4v) is 3.08. The van der Waals surface area contributed by atoms with Gasteiger partial charge >= 0.3 is 0 Å². The summed E-state index contributed by atoms with van der Waals surface area (Å²) in [4.78, 5) is 0.664. The molecule has 0 bridgehead atoms. The van der Waals surface area contributed by atoms with E-state index in [-0.39, 0.29) is 5.82 Å². The first-order chi connectivity index (χ1) is 10.6. The Balaban J connectivity index is 1.88. The predicted octanol–water partition coefficient (Wildman–Crippen LogP) is 2.70. The number of benzene rings is 1. The maximum absolute atomic E-state index is 13.4. The third-order valence-corrected chi connectivity index (χ3v) is 4.49. The fraction of sp³-hybridized carbons (Fsp3) is 0.143. The highest BCUT2D eigenvalue weighted by Crippen LogP contribution is 2.29. The number of fused-ring (bicyclic) bond motifs is 1. The molecule has 0 saturated heterocycles. The van der Waals surface area contributed by atoms with Crippen LogP contribution in [0.1, 0.15) is 5.69 Å². The van der Waals surface area contributed by atoms with Crippen molar-refractivity contribution >= 4 is 16.3 Å². The standard InChI is InChI=1S/C14H11FN6S/c1-8-11(7-16-20(8)2)12-17-18-14-21(12)19-13(22-14)9-4-3-5-10(15)6-9/h3-7H,1-2H3. The third-order valence-electron chi connectivity index (χ3n) is 3.54. The van der Waals surface area contributed by atoms with Crippen molar-refractivity contribution in [1.29, 1.82) is 0 Å². The quantitative estimate of drug-likeness (QED) is 0.571. The fourth-order valence-electron chi connectivity index (χ4n) is 2.24. The van der Waals surface area contributed by atoms with Crippen LogP contribution in [0.3, 0.4) is 0 Å². The molecule has 0 atom stereocenters. The molecule has 0 aliphatic carbocycles. The zero-order chi connectivity index (χ0) is 15.3. The van der Waals surface area contributed by atoms with Crippen LogP contribution in [0.5, 0.6) is 0 Å². The molecule has 0 aliphatic heterocycles. The van der Waals surface area contributed by atoms with Crippen molar-refractivity contribution in [2.75, 3.05) is 0 Å². The van der Waals surface area contributed by atoms with Gasteiger partial charge in [-0.2, -0.15) is 14.7 Å². The van der Waals surface area contributed by atoms with Gasteiger partial charge in [0.25, 0.3) is 0 Å². The van der Waals surface area contributed by atoms with Crippen LogP contribution in [0.2, 0.25) is 0 Å².